The molecule has 31 heavy (non-hydrogen) atoms. The van der Waals surface area contributed by atoms with Gasteiger partial charge in [-0.25, -0.2) is 9.78 Å². The summed E-state index contributed by atoms with van der Waals surface area (Å²) in [5.74, 6) is 0.992. The zero-order valence-corrected chi connectivity index (χ0v) is 17.7. The van der Waals surface area contributed by atoms with Crippen LogP contribution in [-0.4, -0.2) is 22.5 Å². The molecule has 0 saturated carbocycles. The average molecular weight is 432 g/mol. The van der Waals surface area contributed by atoms with Gasteiger partial charge in [0, 0.05) is 11.6 Å². The van der Waals surface area contributed by atoms with Gasteiger partial charge in [-0.3, -0.25) is 0 Å². The van der Waals surface area contributed by atoms with Gasteiger partial charge in [0.15, 0.2) is 0 Å². The van der Waals surface area contributed by atoms with E-state index in [1.807, 2.05) is 25.1 Å². The van der Waals surface area contributed by atoms with Crippen molar-refractivity contribution in [1.82, 2.24) is 9.97 Å². The minimum Gasteiger partial charge on any atom is -0.462 e. The summed E-state index contributed by atoms with van der Waals surface area (Å²) in [4.78, 5) is 19.8. The number of aromatic nitrogens is 2. The molecule has 0 atom stereocenters. The molecule has 0 radical (unpaired) electrons. The number of carbonyl (C=O) groups excluding carboxylic acids is 1. The van der Waals surface area contributed by atoms with E-state index in [9.17, 15) is 10.1 Å². The maximum atomic E-state index is 12.1. The van der Waals surface area contributed by atoms with E-state index >= 15 is 0 Å². The molecular formula is C24H18ClN3O3. The monoisotopic (exact) mass is 431 g/mol. The number of hydrogen-bond donors (Lipinski definition) is 1. The Labute approximate surface area is 183 Å². The van der Waals surface area contributed by atoms with Crippen molar-refractivity contribution < 1.29 is 13.9 Å². The Balaban J connectivity index is 1.66. The number of rotatable bonds is 5. The third-order valence-electron chi connectivity index (χ3n) is 4.67. The third-order valence-corrected chi connectivity index (χ3v) is 5.00. The van der Waals surface area contributed by atoms with Crippen molar-refractivity contribution in [1.29, 1.82) is 5.26 Å². The predicted molar refractivity (Wildman–Crippen MR) is 119 cm³/mol. The molecule has 0 saturated heterocycles. The zero-order chi connectivity index (χ0) is 22.0. The number of fused-ring (bicyclic) bond motifs is 1. The maximum Gasteiger partial charge on any atom is 0.339 e. The molecule has 0 spiro atoms. The Morgan fingerprint density at radius 3 is 2.87 bits per heavy atom. The second kappa shape index (κ2) is 8.50. The minimum atomic E-state index is -0.493. The number of nitrogens with zero attached hydrogens (tertiary/aromatic N) is 2. The van der Waals surface area contributed by atoms with Crippen LogP contribution < -0.4 is 0 Å². The lowest BCUT2D eigenvalue weighted by atomic mass is 10.1. The van der Waals surface area contributed by atoms with Crippen LogP contribution in [0.4, 0.5) is 0 Å². The van der Waals surface area contributed by atoms with Crippen molar-refractivity contribution >= 4 is 40.3 Å². The first-order valence-electron chi connectivity index (χ1n) is 9.64. The normalized spacial score (nSPS) is 11.5. The van der Waals surface area contributed by atoms with Crippen molar-refractivity contribution in [3.8, 4) is 17.4 Å². The fourth-order valence-electron chi connectivity index (χ4n) is 3.18. The molecule has 2 aromatic heterocycles. The smallest absolute Gasteiger partial charge is 0.339 e. The molecule has 1 N–H and O–H groups in total. The summed E-state index contributed by atoms with van der Waals surface area (Å²) in [5.41, 5.74) is 4.04. The van der Waals surface area contributed by atoms with Crippen molar-refractivity contribution in [3.05, 3.63) is 76.3 Å². The average Bonchev–Trinajstić information content (AvgIpc) is 3.39. The Hall–Kier alpha value is -3.82. The van der Waals surface area contributed by atoms with E-state index < -0.39 is 5.97 Å². The Morgan fingerprint density at radius 2 is 2.10 bits per heavy atom. The van der Waals surface area contributed by atoms with Crippen LogP contribution in [-0.2, 0) is 4.74 Å². The number of halogens is 1. The van der Waals surface area contributed by atoms with Crippen molar-refractivity contribution in [3.63, 3.8) is 0 Å². The predicted octanol–water partition coefficient (Wildman–Crippen LogP) is 6.03. The number of allylic oxidation sites excluding steroid dienone is 1. The van der Waals surface area contributed by atoms with Crippen molar-refractivity contribution in [2.75, 3.05) is 6.61 Å². The standard InChI is InChI=1S/C24H18ClN3O3/c1-3-30-24(29)18-12-15(5-7-19(18)25)22-9-6-17(31-22)11-16(13-26)23-27-20-8-4-14(2)10-21(20)28-23/h4-12H,3H2,1-2H3,(H,27,28)/b16-11-. The molecular weight excluding hydrogens is 414 g/mol. The highest BCUT2D eigenvalue weighted by molar-refractivity contribution is 6.33. The Kier molecular flexibility index (Phi) is 5.61. The fourth-order valence-corrected chi connectivity index (χ4v) is 3.37. The van der Waals surface area contributed by atoms with E-state index in [0.717, 1.165) is 16.6 Å². The number of aromatic amines is 1. The third kappa shape index (κ3) is 4.23. The van der Waals surface area contributed by atoms with Crippen molar-refractivity contribution in [2.45, 2.75) is 13.8 Å². The molecule has 0 unspecified atom stereocenters. The Morgan fingerprint density at radius 1 is 1.26 bits per heavy atom. The molecule has 4 rings (SSSR count). The first-order valence-corrected chi connectivity index (χ1v) is 10.0. The number of hydrogen-bond acceptors (Lipinski definition) is 5. The van der Waals surface area contributed by atoms with Crippen LogP contribution >= 0.6 is 11.6 Å². The number of imidazole rings is 1. The first-order chi connectivity index (χ1) is 15.0. The van der Waals surface area contributed by atoms with Crippen LogP contribution in [0.3, 0.4) is 0 Å². The van der Waals surface area contributed by atoms with E-state index in [1.54, 1.807) is 43.3 Å². The van der Waals surface area contributed by atoms with Crippen molar-refractivity contribution in [2.24, 2.45) is 0 Å². The van der Waals surface area contributed by atoms with Gasteiger partial charge in [-0.15, -0.1) is 0 Å². The fraction of sp³-hybridized carbons (Fsp3) is 0.125. The SMILES string of the molecule is CCOC(=O)c1cc(-c2ccc(/C=C(/C#N)c3nc4ccc(C)cc4[nH]3)o2)ccc1Cl. The van der Waals surface area contributed by atoms with Crippen LogP contribution in [0.5, 0.6) is 0 Å². The molecule has 154 valence electrons. The number of nitrogens with one attached hydrogen (secondary N) is 1. The number of aryl methyl sites for hydroxylation is 1. The van der Waals surface area contributed by atoms with Crippen LogP contribution in [0.2, 0.25) is 5.02 Å². The van der Waals surface area contributed by atoms with Gasteiger partial charge in [-0.05, 0) is 61.9 Å². The number of H-pyrrole nitrogens is 1. The minimum absolute atomic E-state index is 0.257. The lowest BCUT2D eigenvalue weighted by Crippen LogP contribution is -2.05. The van der Waals surface area contributed by atoms with Crippen LogP contribution in [0, 0.1) is 18.3 Å². The molecule has 6 nitrogen and oxygen atoms in total. The van der Waals surface area contributed by atoms with E-state index in [2.05, 4.69) is 16.0 Å². The lowest BCUT2D eigenvalue weighted by Gasteiger charge is -2.05. The highest BCUT2D eigenvalue weighted by atomic mass is 35.5. The topological polar surface area (TPSA) is 91.9 Å². The van der Waals surface area contributed by atoms with Crippen LogP contribution in [0.1, 0.15) is 34.4 Å². The molecule has 0 fully saturated rings. The summed E-state index contributed by atoms with van der Waals surface area (Å²) in [6.45, 7) is 3.99. The van der Waals surface area contributed by atoms with Gasteiger partial charge in [-0.2, -0.15) is 5.26 Å². The molecule has 7 heteroatoms. The lowest BCUT2D eigenvalue weighted by molar-refractivity contribution is 0.0526. The van der Waals surface area contributed by atoms with Crippen LogP contribution in [0.15, 0.2) is 52.9 Å². The summed E-state index contributed by atoms with van der Waals surface area (Å²) in [6, 6.07) is 16.5. The first kappa shape index (κ1) is 20.5. The highest BCUT2D eigenvalue weighted by Crippen LogP contribution is 2.29. The summed E-state index contributed by atoms with van der Waals surface area (Å²) in [7, 11) is 0. The molecule has 0 aliphatic rings. The largest absolute Gasteiger partial charge is 0.462 e. The molecule has 0 aliphatic heterocycles. The number of carbonyl (C=O) groups is 1. The van der Waals surface area contributed by atoms with Gasteiger partial charge in [0.2, 0.25) is 0 Å². The van der Waals surface area contributed by atoms with Gasteiger partial charge in [0.05, 0.1) is 33.8 Å². The number of ether oxygens (including phenoxy) is 1. The molecule has 4 aromatic rings. The molecule has 2 heterocycles. The molecule has 0 amide bonds. The highest BCUT2D eigenvalue weighted by Gasteiger charge is 2.15. The van der Waals surface area contributed by atoms with E-state index in [4.69, 9.17) is 20.8 Å². The summed E-state index contributed by atoms with van der Waals surface area (Å²) in [5, 5.41) is 9.94. The molecule has 0 aliphatic carbocycles. The van der Waals surface area contributed by atoms with Gasteiger partial charge in [0.25, 0.3) is 0 Å². The van der Waals surface area contributed by atoms with Gasteiger partial charge < -0.3 is 14.1 Å². The summed E-state index contributed by atoms with van der Waals surface area (Å²) >= 11 is 6.13. The van der Waals surface area contributed by atoms with Crippen LogP contribution in [0.25, 0.3) is 34.0 Å². The quantitative estimate of drug-likeness (QED) is 0.308. The van der Waals surface area contributed by atoms with Gasteiger partial charge in [-0.1, -0.05) is 17.7 Å². The number of nitriles is 1. The number of furan rings is 1. The van der Waals surface area contributed by atoms with E-state index in [0.29, 0.717) is 33.5 Å². The summed E-state index contributed by atoms with van der Waals surface area (Å²) < 4.78 is 10.9. The number of benzene rings is 2. The second-order valence-corrected chi connectivity index (χ2v) is 7.30. The maximum absolute atomic E-state index is 12.1. The number of esters is 1. The van der Waals surface area contributed by atoms with Gasteiger partial charge in [0.1, 0.15) is 23.4 Å². The zero-order valence-electron chi connectivity index (χ0n) is 16.9. The van der Waals surface area contributed by atoms with Gasteiger partial charge >= 0.3 is 5.97 Å². The molecule has 2 aromatic carbocycles. The molecule has 0 bridgehead atoms. The Bertz CT molecular complexity index is 1360. The van der Waals surface area contributed by atoms with E-state index in [-0.39, 0.29) is 12.2 Å². The van der Waals surface area contributed by atoms with E-state index in [1.165, 1.54) is 0 Å². The second-order valence-electron chi connectivity index (χ2n) is 6.89. The summed E-state index contributed by atoms with van der Waals surface area (Å²) in [6.07, 6.45) is 1.62.